The number of methoxy groups -OCH3 is 1. The summed E-state index contributed by atoms with van der Waals surface area (Å²) in [7, 11) is -2.05. The van der Waals surface area contributed by atoms with Crippen molar-refractivity contribution in [3.63, 3.8) is 0 Å². The summed E-state index contributed by atoms with van der Waals surface area (Å²) in [5.74, 6) is 1.24. The van der Waals surface area contributed by atoms with Gasteiger partial charge in [-0.15, -0.1) is 0 Å². The number of rotatable bonds is 8. The molecule has 8 heteroatoms. The molecule has 1 saturated carbocycles. The zero-order chi connectivity index (χ0) is 20.7. The highest BCUT2D eigenvalue weighted by atomic mass is 32.2. The van der Waals surface area contributed by atoms with Gasteiger partial charge in [-0.05, 0) is 49.9 Å². The Hall–Kier alpha value is -1.25. The van der Waals surface area contributed by atoms with Crippen molar-refractivity contribution < 1.29 is 17.9 Å². The first-order valence-corrected chi connectivity index (χ1v) is 13.0. The molecule has 0 spiro atoms. The van der Waals surface area contributed by atoms with E-state index in [0.29, 0.717) is 25.3 Å². The van der Waals surface area contributed by atoms with Gasteiger partial charge in [0.1, 0.15) is 5.75 Å². The molecule has 2 fully saturated rings. The molecule has 29 heavy (non-hydrogen) atoms. The van der Waals surface area contributed by atoms with E-state index in [1.807, 2.05) is 11.8 Å². The summed E-state index contributed by atoms with van der Waals surface area (Å²) < 4.78 is 32.4. The van der Waals surface area contributed by atoms with Crippen LogP contribution >= 0.6 is 11.8 Å². The first-order valence-electron chi connectivity index (χ1n) is 10.5. The number of amides is 1. The molecule has 3 rings (SSSR count). The van der Waals surface area contributed by atoms with Crippen molar-refractivity contribution >= 4 is 27.7 Å². The van der Waals surface area contributed by atoms with Crippen molar-refractivity contribution in [1.29, 1.82) is 0 Å². The summed E-state index contributed by atoms with van der Waals surface area (Å²) in [5, 5.41) is 3.76. The number of carbonyl (C=O) groups is 1. The number of benzene rings is 1. The Morgan fingerprint density at radius 1 is 1.14 bits per heavy atom. The molecule has 1 amide bonds. The number of ether oxygens (including phenoxy) is 1. The Labute approximate surface area is 178 Å². The standard InChI is InChI=1S/C21H32N2O4S2/c1-27-18-9-11-20(12-10-18)29(25,26)23-14-5-6-17(16-23)21(24)22-13-15-28-19-7-3-2-4-8-19/h9-12,17,19H,2-8,13-16H2,1H3,(H,22,24). The highest BCUT2D eigenvalue weighted by Crippen LogP contribution is 2.28. The fourth-order valence-corrected chi connectivity index (χ4v) is 6.79. The van der Waals surface area contributed by atoms with E-state index in [2.05, 4.69) is 5.32 Å². The SMILES string of the molecule is COc1ccc(S(=O)(=O)N2CCCC(C(=O)NCCSC3CCCCC3)C2)cc1. The number of sulfonamides is 1. The summed E-state index contributed by atoms with van der Waals surface area (Å²) in [6, 6.07) is 6.40. The maximum Gasteiger partial charge on any atom is 0.243 e. The molecule has 0 radical (unpaired) electrons. The normalized spacial score (nSPS) is 21.6. The molecule has 0 bridgehead atoms. The number of nitrogens with zero attached hydrogens (tertiary/aromatic N) is 1. The molecular weight excluding hydrogens is 408 g/mol. The molecule has 1 atom stereocenters. The molecule has 1 aromatic rings. The smallest absolute Gasteiger partial charge is 0.243 e. The van der Waals surface area contributed by atoms with Crippen molar-refractivity contribution in [3.05, 3.63) is 24.3 Å². The fraction of sp³-hybridized carbons (Fsp3) is 0.667. The van der Waals surface area contributed by atoms with Crippen LogP contribution in [0.1, 0.15) is 44.9 Å². The van der Waals surface area contributed by atoms with E-state index >= 15 is 0 Å². The zero-order valence-electron chi connectivity index (χ0n) is 17.1. The highest BCUT2D eigenvalue weighted by Gasteiger charge is 2.33. The molecule has 6 nitrogen and oxygen atoms in total. The maximum atomic E-state index is 12.9. The molecule has 1 saturated heterocycles. The van der Waals surface area contributed by atoms with Crippen LogP contribution in [0.4, 0.5) is 0 Å². The molecule has 2 aliphatic rings. The van der Waals surface area contributed by atoms with Crippen LogP contribution in [0.15, 0.2) is 29.2 Å². The lowest BCUT2D eigenvalue weighted by Crippen LogP contribution is -2.45. The predicted molar refractivity (Wildman–Crippen MR) is 117 cm³/mol. The molecule has 162 valence electrons. The average Bonchev–Trinajstić information content (AvgIpc) is 2.77. The minimum atomic E-state index is -3.60. The van der Waals surface area contributed by atoms with E-state index in [0.717, 1.165) is 17.4 Å². The summed E-state index contributed by atoms with van der Waals surface area (Å²) >= 11 is 1.96. The summed E-state index contributed by atoms with van der Waals surface area (Å²) in [5.41, 5.74) is 0. The lowest BCUT2D eigenvalue weighted by atomic mass is 9.99. The van der Waals surface area contributed by atoms with Gasteiger partial charge in [0, 0.05) is 30.6 Å². The van der Waals surface area contributed by atoms with Crippen molar-refractivity contribution in [2.75, 3.05) is 32.5 Å². The molecule has 1 heterocycles. The summed E-state index contributed by atoms with van der Waals surface area (Å²) in [6.07, 6.45) is 8.01. The molecule has 1 aromatic carbocycles. The Morgan fingerprint density at radius 3 is 2.55 bits per heavy atom. The predicted octanol–water partition coefficient (Wildman–Crippen LogP) is 3.28. The molecule has 1 unspecified atom stereocenters. The molecule has 1 N–H and O–H groups in total. The molecular formula is C21H32N2O4S2. The number of nitrogens with one attached hydrogen (secondary N) is 1. The van der Waals surface area contributed by atoms with Gasteiger partial charge in [-0.25, -0.2) is 8.42 Å². The second-order valence-electron chi connectivity index (χ2n) is 7.80. The van der Waals surface area contributed by atoms with Crippen LogP contribution in [0.5, 0.6) is 5.75 Å². The van der Waals surface area contributed by atoms with E-state index in [9.17, 15) is 13.2 Å². The van der Waals surface area contributed by atoms with Crippen LogP contribution < -0.4 is 10.1 Å². The van der Waals surface area contributed by atoms with E-state index in [1.165, 1.54) is 36.4 Å². The van der Waals surface area contributed by atoms with Crippen LogP contribution in [0.25, 0.3) is 0 Å². The van der Waals surface area contributed by atoms with Crippen molar-refractivity contribution in [1.82, 2.24) is 9.62 Å². The first kappa shape index (κ1) is 22.4. The third kappa shape index (κ3) is 6.12. The largest absolute Gasteiger partial charge is 0.497 e. The summed E-state index contributed by atoms with van der Waals surface area (Å²) in [4.78, 5) is 12.8. The average molecular weight is 441 g/mol. The van der Waals surface area contributed by atoms with Gasteiger partial charge in [0.25, 0.3) is 0 Å². The number of hydrogen-bond donors (Lipinski definition) is 1. The van der Waals surface area contributed by atoms with Gasteiger partial charge in [-0.3, -0.25) is 4.79 Å². The maximum absolute atomic E-state index is 12.9. The Kier molecular flexibility index (Phi) is 8.26. The minimum absolute atomic E-state index is 0.0242. The molecule has 1 aliphatic carbocycles. The minimum Gasteiger partial charge on any atom is -0.497 e. The molecule has 0 aromatic heterocycles. The van der Waals surface area contributed by atoms with Crippen LogP contribution in [-0.4, -0.2) is 56.4 Å². The molecule has 1 aliphatic heterocycles. The fourth-order valence-electron chi connectivity index (χ4n) is 4.05. The van der Waals surface area contributed by atoms with Gasteiger partial charge >= 0.3 is 0 Å². The van der Waals surface area contributed by atoms with Gasteiger partial charge < -0.3 is 10.1 Å². The topological polar surface area (TPSA) is 75.7 Å². The third-order valence-corrected chi connectivity index (χ3v) is 9.02. The highest BCUT2D eigenvalue weighted by molar-refractivity contribution is 7.99. The monoisotopic (exact) mass is 440 g/mol. The summed E-state index contributed by atoms with van der Waals surface area (Å²) in [6.45, 7) is 1.35. The van der Waals surface area contributed by atoms with Crippen LogP contribution in [-0.2, 0) is 14.8 Å². The van der Waals surface area contributed by atoms with E-state index < -0.39 is 10.0 Å². The van der Waals surface area contributed by atoms with E-state index in [4.69, 9.17) is 4.74 Å². The van der Waals surface area contributed by atoms with Gasteiger partial charge in [-0.1, -0.05) is 19.3 Å². The lowest BCUT2D eigenvalue weighted by molar-refractivity contribution is -0.125. The van der Waals surface area contributed by atoms with Crippen molar-refractivity contribution in [3.8, 4) is 5.75 Å². The van der Waals surface area contributed by atoms with Gasteiger partial charge in [-0.2, -0.15) is 16.1 Å². The van der Waals surface area contributed by atoms with E-state index in [-0.39, 0.29) is 23.3 Å². The van der Waals surface area contributed by atoms with Gasteiger partial charge in [0.15, 0.2) is 0 Å². The Balaban J connectivity index is 1.49. The zero-order valence-corrected chi connectivity index (χ0v) is 18.8. The first-order chi connectivity index (χ1) is 14.0. The lowest BCUT2D eigenvalue weighted by Gasteiger charge is -2.31. The van der Waals surface area contributed by atoms with Crippen molar-refractivity contribution in [2.24, 2.45) is 5.92 Å². The van der Waals surface area contributed by atoms with Crippen LogP contribution in [0.3, 0.4) is 0 Å². The Morgan fingerprint density at radius 2 is 1.86 bits per heavy atom. The van der Waals surface area contributed by atoms with Gasteiger partial charge in [0.2, 0.25) is 15.9 Å². The Bertz CT molecular complexity index is 761. The third-order valence-electron chi connectivity index (χ3n) is 5.76. The number of thioether (sulfide) groups is 1. The quantitative estimate of drug-likeness (QED) is 0.628. The number of carbonyl (C=O) groups excluding carboxylic acids is 1. The van der Waals surface area contributed by atoms with Gasteiger partial charge in [0.05, 0.1) is 17.9 Å². The van der Waals surface area contributed by atoms with Crippen LogP contribution in [0.2, 0.25) is 0 Å². The number of hydrogen-bond acceptors (Lipinski definition) is 5. The second-order valence-corrected chi connectivity index (χ2v) is 11.1. The van der Waals surface area contributed by atoms with Crippen molar-refractivity contribution in [2.45, 2.75) is 55.1 Å². The van der Waals surface area contributed by atoms with E-state index in [1.54, 1.807) is 31.4 Å². The van der Waals surface area contributed by atoms with Crippen LogP contribution in [0, 0.1) is 5.92 Å². The second kappa shape index (κ2) is 10.7. The number of piperidine rings is 1.